The van der Waals surface area contributed by atoms with Gasteiger partial charge in [-0.1, -0.05) is 72.3 Å². The van der Waals surface area contributed by atoms with E-state index in [0.29, 0.717) is 0 Å². The van der Waals surface area contributed by atoms with E-state index < -0.39 is 0 Å². The summed E-state index contributed by atoms with van der Waals surface area (Å²) in [7, 11) is 0. The van der Waals surface area contributed by atoms with Gasteiger partial charge in [0.1, 0.15) is 0 Å². The largest absolute Gasteiger partial charge is 0.295 e. The highest BCUT2D eigenvalue weighted by Crippen LogP contribution is 2.19. The Morgan fingerprint density at radius 2 is 1.58 bits per heavy atom. The van der Waals surface area contributed by atoms with Gasteiger partial charge in [0.15, 0.2) is 0 Å². The van der Waals surface area contributed by atoms with Crippen LogP contribution < -0.4 is 0 Å². The Balaban J connectivity index is 1.38. The SMILES string of the molecule is Clc1ccccc1CN1CCN(/N=C\c2cccc3ccccc23)CC1. The van der Waals surface area contributed by atoms with Crippen LogP contribution in [0.5, 0.6) is 0 Å². The smallest absolute Gasteiger partial charge is 0.0549 e. The first-order chi connectivity index (χ1) is 12.8. The fourth-order valence-electron chi connectivity index (χ4n) is 3.39. The van der Waals surface area contributed by atoms with Crippen LogP contribution in [0.3, 0.4) is 0 Å². The second-order valence-electron chi connectivity index (χ2n) is 6.63. The first-order valence-corrected chi connectivity index (χ1v) is 9.40. The number of fused-ring (bicyclic) bond motifs is 1. The van der Waals surface area contributed by atoms with Gasteiger partial charge in [-0.2, -0.15) is 5.10 Å². The Bertz CT molecular complexity index is 909. The molecule has 1 aliphatic heterocycles. The molecule has 0 atom stereocenters. The summed E-state index contributed by atoms with van der Waals surface area (Å²) in [4.78, 5) is 2.44. The second-order valence-corrected chi connectivity index (χ2v) is 7.04. The van der Waals surface area contributed by atoms with Gasteiger partial charge in [-0.05, 0) is 22.4 Å². The van der Waals surface area contributed by atoms with E-state index in [1.807, 2.05) is 24.4 Å². The zero-order valence-electron chi connectivity index (χ0n) is 14.7. The lowest BCUT2D eigenvalue weighted by Crippen LogP contribution is -2.43. The fraction of sp³-hybridized carbons (Fsp3) is 0.227. The molecule has 132 valence electrons. The van der Waals surface area contributed by atoms with Crippen molar-refractivity contribution in [2.24, 2.45) is 5.10 Å². The number of halogens is 1. The molecular formula is C22H22ClN3. The standard InChI is InChI=1S/C22H22ClN3/c23-22-11-4-2-7-20(22)17-25-12-14-26(15-13-25)24-16-19-9-5-8-18-6-1-3-10-21(18)19/h1-11,16H,12-15,17H2/b24-16-. The van der Waals surface area contributed by atoms with Gasteiger partial charge in [0, 0.05) is 43.3 Å². The van der Waals surface area contributed by atoms with Crippen LogP contribution in [0.15, 0.2) is 71.8 Å². The molecule has 3 aromatic rings. The van der Waals surface area contributed by atoms with Crippen LogP contribution in [-0.4, -0.2) is 42.3 Å². The van der Waals surface area contributed by atoms with E-state index in [0.717, 1.165) is 37.7 Å². The van der Waals surface area contributed by atoms with Gasteiger partial charge < -0.3 is 0 Å². The fourth-order valence-corrected chi connectivity index (χ4v) is 3.58. The maximum atomic E-state index is 6.28. The molecule has 3 aromatic carbocycles. The van der Waals surface area contributed by atoms with Crippen molar-refractivity contribution in [3.05, 3.63) is 82.9 Å². The van der Waals surface area contributed by atoms with Crippen LogP contribution in [0.1, 0.15) is 11.1 Å². The third-order valence-electron chi connectivity index (χ3n) is 4.88. The van der Waals surface area contributed by atoms with Gasteiger partial charge in [0.25, 0.3) is 0 Å². The lowest BCUT2D eigenvalue weighted by molar-refractivity contribution is 0.131. The minimum absolute atomic E-state index is 0.851. The summed E-state index contributed by atoms with van der Waals surface area (Å²) < 4.78 is 0. The van der Waals surface area contributed by atoms with Gasteiger partial charge in [0.2, 0.25) is 0 Å². The molecule has 0 aromatic heterocycles. The molecule has 0 N–H and O–H groups in total. The molecule has 4 heteroatoms. The van der Waals surface area contributed by atoms with E-state index in [1.165, 1.54) is 21.9 Å². The van der Waals surface area contributed by atoms with E-state index in [1.54, 1.807) is 0 Å². The molecule has 0 aliphatic carbocycles. The zero-order chi connectivity index (χ0) is 17.8. The molecule has 1 aliphatic rings. The number of hydrazone groups is 1. The first kappa shape index (κ1) is 17.1. The Labute approximate surface area is 159 Å². The van der Waals surface area contributed by atoms with Gasteiger partial charge >= 0.3 is 0 Å². The van der Waals surface area contributed by atoms with Crippen LogP contribution in [0.4, 0.5) is 0 Å². The minimum atomic E-state index is 0.851. The van der Waals surface area contributed by atoms with Crippen molar-refractivity contribution in [2.75, 3.05) is 26.2 Å². The molecule has 0 radical (unpaired) electrons. The average molecular weight is 364 g/mol. The summed E-state index contributed by atoms with van der Waals surface area (Å²) >= 11 is 6.28. The number of hydrogen-bond acceptors (Lipinski definition) is 3. The lowest BCUT2D eigenvalue weighted by atomic mass is 10.1. The molecular weight excluding hydrogens is 342 g/mol. The maximum absolute atomic E-state index is 6.28. The molecule has 3 nitrogen and oxygen atoms in total. The molecule has 1 heterocycles. The van der Waals surface area contributed by atoms with E-state index in [2.05, 4.69) is 58.4 Å². The number of benzene rings is 3. The summed E-state index contributed by atoms with van der Waals surface area (Å²) in [5, 5.41) is 10.2. The van der Waals surface area contributed by atoms with Gasteiger partial charge in [-0.3, -0.25) is 9.91 Å². The molecule has 0 unspecified atom stereocenters. The van der Waals surface area contributed by atoms with Crippen molar-refractivity contribution < 1.29 is 0 Å². The monoisotopic (exact) mass is 363 g/mol. The zero-order valence-corrected chi connectivity index (χ0v) is 15.4. The van der Waals surface area contributed by atoms with Crippen LogP contribution >= 0.6 is 11.6 Å². The van der Waals surface area contributed by atoms with Crippen LogP contribution in [0.25, 0.3) is 10.8 Å². The van der Waals surface area contributed by atoms with Crippen LogP contribution in [-0.2, 0) is 6.54 Å². The third-order valence-corrected chi connectivity index (χ3v) is 5.25. The summed E-state index contributed by atoms with van der Waals surface area (Å²) in [6, 6.07) is 22.9. The summed E-state index contributed by atoms with van der Waals surface area (Å²) in [6.07, 6.45) is 1.99. The number of nitrogens with zero attached hydrogens (tertiary/aromatic N) is 3. The number of piperazine rings is 1. The molecule has 1 fully saturated rings. The van der Waals surface area contributed by atoms with E-state index >= 15 is 0 Å². The second kappa shape index (κ2) is 7.90. The van der Waals surface area contributed by atoms with Crippen molar-refractivity contribution in [3.8, 4) is 0 Å². The molecule has 0 bridgehead atoms. The molecule has 0 saturated carbocycles. The summed E-state index contributed by atoms with van der Waals surface area (Å²) in [6.45, 7) is 4.77. The molecule has 0 spiro atoms. The van der Waals surface area contributed by atoms with Crippen molar-refractivity contribution in [1.82, 2.24) is 9.91 Å². The summed E-state index contributed by atoms with van der Waals surface area (Å²) in [5.74, 6) is 0. The lowest BCUT2D eigenvalue weighted by Gasteiger charge is -2.33. The van der Waals surface area contributed by atoms with Crippen LogP contribution in [0, 0.1) is 0 Å². The van der Waals surface area contributed by atoms with Gasteiger partial charge in [-0.15, -0.1) is 0 Å². The maximum Gasteiger partial charge on any atom is 0.0549 e. The molecule has 0 amide bonds. The van der Waals surface area contributed by atoms with E-state index in [4.69, 9.17) is 16.7 Å². The van der Waals surface area contributed by atoms with Crippen molar-refractivity contribution >= 4 is 28.6 Å². The predicted octanol–water partition coefficient (Wildman–Crippen LogP) is 4.64. The van der Waals surface area contributed by atoms with E-state index in [9.17, 15) is 0 Å². The molecule has 26 heavy (non-hydrogen) atoms. The average Bonchev–Trinajstić information content (AvgIpc) is 2.69. The number of rotatable bonds is 4. The Morgan fingerprint density at radius 1 is 0.846 bits per heavy atom. The topological polar surface area (TPSA) is 18.8 Å². The van der Waals surface area contributed by atoms with Gasteiger partial charge in [0.05, 0.1) is 6.21 Å². The molecule has 1 saturated heterocycles. The Kier molecular flexibility index (Phi) is 5.19. The predicted molar refractivity (Wildman–Crippen MR) is 110 cm³/mol. The third kappa shape index (κ3) is 3.90. The summed E-state index contributed by atoms with van der Waals surface area (Å²) in [5.41, 5.74) is 2.36. The first-order valence-electron chi connectivity index (χ1n) is 9.02. The van der Waals surface area contributed by atoms with E-state index in [-0.39, 0.29) is 0 Å². The minimum Gasteiger partial charge on any atom is -0.295 e. The highest BCUT2D eigenvalue weighted by Gasteiger charge is 2.16. The van der Waals surface area contributed by atoms with Gasteiger partial charge in [-0.25, -0.2) is 0 Å². The quantitative estimate of drug-likeness (QED) is 0.628. The number of hydrogen-bond donors (Lipinski definition) is 0. The van der Waals surface area contributed by atoms with Crippen LogP contribution in [0.2, 0.25) is 5.02 Å². The van der Waals surface area contributed by atoms with Crippen molar-refractivity contribution in [3.63, 3.8) is 0 Å². The van der Waals surface area contributed by atoms with Crippen molar-refractivity contribution in [2.45, 2.75) is 6.54 Å². The Morgan fingerprint density at radius 3 is 2.42 bits per heavy atom. The highest BCUT2D eigenvalue weighted by atomic mass is 35.5. The Hall–Kier alpha value is -2.36. The highest BCUT2D eigenvalue weighted by molar-refractivity contribution is 6.31. The molecule has 4 rings (SSSR count). The normalized spacial score (nSPS) is 15.8. The van der Waals surface area contributed by atoms with Crippen molar-refractivity contribution in [1.29, 1.82) is 0 Å².